The van der Waals surface area contributed by atoms with Crippen LogP contribution in [0, 0.1) is 0 Å². The SMILES string of the molecule is Cl.N[C@@H](c1ccsc1)c1ccc(Br)c(Br)c1. The van der Waals surface area contributed by atoms with E-state index in [0.717, 1.165) is 20.1 Å². The Morgan fingerprint density at radius 2 is 1.81 bits per heavy atom. The van der Waals surface area contributed by atoms with Crippen molar-refractivity contribution in [2.75, 3.05) is 0 Å². The smallest absolute Gasteiger partial charge is 0.0560 e. The Bertz CT molecular complexity index is 459. The zero-order valence-electron chi connectivity index (χ0n) is 8.19. The second-order valence-corrected chi connectivity index (χ2v) is 5.70. The summed E-state index contributed by atoms with van der Waals surface area (Å²) in [6.45, 7) is 0. The molecule has 0 saturated carbocycles. The molecule has 0 unspecified atom stereocenters. The van der Waals surface area contributed by atoms with Gasteiger partial charge < -0.3 is 5.73 Å². The minimum atomic E-state index is -0.0411. The third-order valence-corrected chi connectivity index (χ3v) is 4.79. The van der Waals surface area contributed by atoms with Crippen LogP contribution in [0.15, 0.2) is 44.0 Å². The quantitative estimate of drug-likeness (QED) is 0.796. The highest BCUT2D eigenvalue weighted by atomic mass is 79.9. The van der Waals surface area contributed by atoms with E-state index in [9.17, 15) is 0 Å². The van der Waals surface area contributed by atoms with E-state index in [4.69, 9.17) is 5.73 Å². The Morgan fingerprint density at radius 3 is 2.38 bits per heavy atom. The Labute approximate surface area is 122 Å². The van der Waals surface area contributed by atoms with Gasteiger partial charge in [-0.1, -0.05) is 6.07 Å². The van der Waals surface area contributed by atoms with E-state index in [0.29, 0.717) is 0 Å². The predicted molar refractivity (Wildman–Crippen MR) is 79.4 cm³/mol. The Morgan fingerprint density at radius 1 is 1.06 bits per heavy atom. The van der Waals surface area contributed by atoms with Gasteiger partial charge in [0.05, 0.1) is 6.04 Å². The van der Waals surface area contributed by atoms with E-state index < -0.39 is 0 Å². The topological polar surface area (TPSA) is 26.0 Å². The van der Waals surface area contributed by atoms with Gasteiger partial charge in [-0.15, -0.1) is 12.4 Å². The van der Waals surface area contributed by atoms with Gasteiger partial charge in [-0.3, -0.25) is 0 Å². The average Bonchev–Trinajstić information content (AvgIpc) is 2.74. The molecule has 0 radical (unpaired) electrons. The number of hydrogen-bond donors (Lipinski definition) is 1. The van der Waals surface area contributed by atoms with Crippen LogP contribution in [0.1, 0.15) is 17.2 Å². The molecule has 0 amide bonds. The molecule has 1 aromatic carbocycles. The van der Waals surface area contributed by atoms with Crippen molar-refractivity contribution in [2.45, 2.75) is 6.04 Å². The Kier molecular flexibility index (Phi) is 5.47. The molecule has 1 aromatic heterocycles. The van der Waals surface area contributed by atoms with Crippen molar-refractivity contribution in [2.24, 2.45) is 5.73 Å². The fraction of sp³-hybridized carbons (Fsp3) is 0.0909. The molecule has 2 rings (SSSR count). The summed E-state index contributed by atoms with van der Waals surface area (Å²) in [5.74, 6) is 0. The van der Waals surface area contributed by atoms with Gasteiger partial charge in [0.1, 0.15) is 0 Å². The molecular formula is C11H10Br2ClNS. The summed E-state index contributed by atoms with van der Waals surface area (Å²) in [5.41, 5.74) is 8.43. The van der Waals surface area contributed by atoms with E-state index in [-0.39, 0.29) is 18.4 Å². The maximum absolute atomic E-state index is 6.15. The highest BCUT2D eigenvalue weighted by Crippen LogP contribution is 2.28. The lowest BCUT2D eigenvalue weighted by atomic mass is 10.0. The molecule has 0 bridgehead atoms. The molecule has 0 aliphatic heterocycles. The van der Waals surface area contributed by atoms with E-state index in [1.165, 1.54) is 0 Å². The van der Waals surface area contributed by atoms with Crippen LogP contribution in [-0.2, 0) is 0 Å². The number of halogens is 3. The summed E-state index contributed by atoms with van der Waals surface area (Å²) in [4.78, 5) is 0. The summed E-state index contributed by atoms with van der Waals surface area (Å²) in [5, 5.41) is 4.13. The van der Waals surface area contributed by atoms with Gasteiger partial charge in [0, 0.05) is 8.95 Å². The monoisotopic (exact) mass is 381 g/mol. The predicted octanol–water partition coefficient (Wildman–Crippen LogP) is 4.74. The van der Waals surface area contributed by atoms with E-state index in [2.05, 4.69) is 43.3 Å². The molecule has 86 valence electrons. The van der Waals surface area contributed by atoms with Gasteiger partial charge in [0.15, 0.2) is 0 Å². The van der Waals surface area contributed by atoms with E-state index in [1.807, 2.05) is 23.6 Å². The van der Waals surface area contributed by atoms with Crippen molar-refractivity contribution < 1.29 is 0 Å². The van der Waals surface area contributed by atoms with Crippen molar-refractivity contribution >= 4 is 55.6 Å². The number of thiophene rings is 1. The molecule has 5 heteroatoms. The first-order valence-electron chi connectivity index (χ1n) is 4.41. The fourth-order valence-corrected chi connectivity index (χ4v) is 2.69. The van der Waals surface area contributed by atoms with Gasteiger partial charge >= 0.3 is 0 Å². The highest BCUT2D eigenvalue weighted by molar-refractivity contribution is 9.13. The molecule has 0 fully saturated rings. The van der Waals surface area contributed by atoms with Crippen molar-refractivity contribution in [1.29, 1.82) is 0 Å². The van der Waals surface area contributed by atoms with Crippen LogP contribution in [-0.4, -0.2) is 0 Å². The standard InChI is InChI=1S/C11H9Br2NS.ClH/c12-9-2-1-7(5-10(9)13)11(14)8-3-4-15-6-8;/h1-6,11H,14H2;1H/t11-;/m1./s1. The van der Waals surface area contributed by atoms with Crippen LogP contribution in [0.25, 0.3) is 0 Å². The van der Waals surface area contributed by atoms with E-state index in [1.54, 1.807) is 11.3 Å². The Balaban J connectivity index is 0.00000128. The summed E-state index contributed by atoms with van der Waals surface area (Å²) in [6, 6.07) is 8.11. The lowest BCUT2D eigenvalue weighted by molar-refractivity contribution is 0.875. The molecule has 16 heavy (non-hydrogen) atoms. The first-order chi connectivity index (χ1) is 7.18. The number of benzene rings is 1. The molecule has 1 nitrogen and oxygen atoms in total. The minimum Gasteiger partial charge on any atom is -0.320 e. The fourth-order valence-electron chi connectivity index (χ4n) is 1.35. The van der Waals surface area contributed by atoms with Crippen LogP contribution in [0.2, 0.25) is 0 Å². The zero-order valence-corrected chi connectivity index (χ0v) is 13.0. The zero-order chi connectivity index (χ0) is 10.8. The van der Waals surface area contributed by atoms with Crippen molar-refractivity contribution in [3.63, 3.8) is 0 Å². The van der Waals surface area contributed by atoms with E-state index >= 15 is 0 Å². The van der Waals surface area contributed by atoms with Gasteiger partial charge in [0.25, 0.3) is 0 Å². The molecule has 2 N–H and O–H groups in total. The van der Waals surface area contributed by atoms with Crippen molar-refractivity contribution in [3.8, 4) is 0 Å². The third kappa shape index (κ3) is 3.08. The third-order valence-electron chi connectivity index (χ3n) is 2.21. The number of rotatable bonds is 2. The maximum Gasteiger partial charge on any atom is 0.0560 e. The average molecular weight is 384 g/mol. The molecular weight excluding hydrogens is 373 g/mol. The normalized spacial score (nSPS) is 11.9. The molecule has 0 saturated heterocycles. The Hall–Kier alpha value is 0.130. The van der Waals surface area contributed by atoms with Crippen LogP contribution in [0.4, 0.5) is 0 Å². The largest absolute Gasteiger partial charge is 0.320 e. The molecule has 1 heterocycles. The van der Waals surface area contributed by atoms with Gasteiger partial charge in [-0.05, 0) is 71.9 Å². The van der Waals surface area contributed by atoms with Crippen LogP contribution in [0.3, 0.4) is 0 Å². The second-order valence-electron chi connectivity index (χ2n) is 3.21. The second kappa shape index (κ2) is 6.17. The molecule has 0 spiro atoms. The number of hydrogen-bond acceptors (Lipinski definition) is 2. The van der Waals surface area contributed by atoms with Crippen LogP contribution in [0.5, 0.6) is 0 Å². The lowest BCUT2D eigenvalue weighted by Crippen LogP contribution is -2.10. The summed E-state index contributed by atoms with van der Waals surface area (Å²) >= 11 is 8.59. The van der Waals surface area contributed by atoms with Crippen LogP contribution < -0.4 is 5.73 Å². The van der Waals surface area contributed by atoms with Gasteiger partial charge in [-0.25, -0.2) is 0 Å². The summed E-state index contributed by atoms with van der Waals surface area (Å²) < 4.78 is 2.08. The van der Waals surface area contributed by atoms with Crippen molar-refractivity contribution in [3.05, 3.63) is 55.1 Å². The molecule has 0 aliphatic rings. The first-order valence-corrected chi connectivity index (χ1v) is 6.94. The first kappa shape index (κ1) is 14.2. The highest BCUT2D eigenvalue weighted by Gasteiger charge is 2.10. The van der Waals surface area contributed by atoms with Gasteiger partial charge in [0.2, 0.25) is 0 Å². The minimum absolute atomic E-state index is 0. The number of nitrogens with two attached hydrogens (primary N) is 1. The molecule has 2 aromatic rings. The van der Waals surface area contributed by atoms with Gasteiger partial charge in [-0.2, -0.15) is 11.3 Å². The van der Waals surface area contributed by atoms with Crippen LogP contribution >= 0.6 is 55.6 Å². The summed E-state index contributed by atoms with van der Waals surface area (Å²) in [6.07, 6.45) is 0. The molecule has 1 atom stereocenters. The molecule has 0 aliphatic carbocycles. The maximum atomic E-state index is 6.15. The summed E-state index contributed by atoms with van der Waals surface area (Å²) in [7, 11) is 0. The van der Waals surface area contributed by atoms with Crippen molar-refractivity contribution in [1.82, 2.24) is 0 Å². The lowest BCUT2D eigenvalue weighted by Gasteiger charge is -2.11.